The van der Waals surface area contributed by atoms with E-state index >= 15 is 0 Å². The van der Waals surface area contributed by atoms with Gasteiger partial charge in [-0.05, 0) is 0 Å². The van der Waals surface area contributed by atoms with Crippen molar-refractivity contribution in [3.05, 3.63) is 0 Å². The number of carbonyl (C=O) groups is 1. The fraction of sp³-hybridized carbons (Fsp3) is 0.750. The number of carboxylic acid groups (broad SMARTS) is 1. The van der Waals surface area contributed by atoms with Gasteiger partial charge in [0.15, 0.2) is 0 Å². The first kappa shape index (κ1) is 10.2. The van der Waals surface area contributed by atoms with Crippen LogP contribution in [0, 0.1) is 0 Å². The molecule has 0 amide bonds. The SMILES string of the molecule is C.O=C(O)CCI. The van der Waals surface area contributed by atoms with Gasteiger partial charge in [-0.3, -0.25) is 4.79 Å². The molecule has 0 aromatic carbocycles. The average molecular weight is 216 g/mol. The molecule has 0 heterocycles. The molecule has 0 spiro atoms. The third-order valence-corrected chi connectivity index (χ3v) is 0.848. The number of aliphatic carboxylic acids is 1. The van der Waals surface area contributed by atoms with Crippen molar-refractivity contribution >= 4 is 28.6 Å². The number of carboxylic acids is 1. The molecule has 3 heteroatoms. The summed E-state index contributed by atoms with van der Waals surface area (Å²) in [5, 5.41) is 7.91. The Labute approximate surface area is 57.1 Å². The maximum absolute atomic E-state index is 9.59. The molecule has 1 N–H and O–H groups in total. The molecule has 0 aromatic heterocycles. The number of hydrogen-bond donors (Lipinski definition) is 1. The minimum atomic E-state index is -0.718. The van der Waals surface area contributed by atoms with E-state index in [1.54, 1.807) is 0 Å². The van der Waals surface area contributed by atoms with Crippen molar-refractivity contribution < 1.29 is 9.90 Å². The molecule has 7 heavy (non-hydrogen) atoms. The van der Waals surface area contributed by atoms with Crippen LogP contribution in [-0.4, -0.2) is 15.5 Å². The summed E-state index contributed by atoms with van der Waals surface area (Å²) in [6, 6.07) is 0. The summed E-state index contributed by atoms with van der Waals surface area (Å²) >= 11 is 2.02. The van der Waals surface area contributed by atoms with E-state index in [0.29, 0.717) is 4.43 Å². The molecule has 0 aromatic rings. The minimum absolute atomic E-state index is 0. The zero-order valence-corrected chi connectivity index (χ0v) is 5.31. The van der Waals surface area contributed by atoms with Crippen LogP contribution in [0.15, 0.2) is 0 Å². The predicted molar refractivity (Wildman–Crippen MR) is 37.9 cm³/mol. The van der Waals surface area contributed by atoms with Gasteiger partial charge in [-0.25, -0.2) is 0 Å². The first-order chi connectivity index (χ1) is 2.77. The second-order valence-corrected chi connectivity index (χ2v) is 1.91. The quantitative estimate of drug-likeness (QED) is 0.561. The van der Waals surface area contributed by atoms with E-state index in [1.807, 2.05) is 22.6 Å². The van der Waals surface area contributed by atoms with Gasteiger partial charge in [0.25, 0.3) is 0 Å². The highest BCUT2D eigenvalue weighted by Gasteiger charge is 1.88. The Morgan fingerprint density at radius 1 is 1.71 bits per heavy atom. The Hall–Kier alpha value is 0.200. The lowest BCUT2D eigenvalue weighted by atomic mass is 10.5. The van der Waals surface area contributed by atoms with Gasteiger partial charge in [-0.15, -0.1) is 0 Å². The molecule has 0 radical (unpaired) electrons. The summed E-state index contributed by atoms with van der Waals surface area (Å²) in [4.78, 5) is 9.59. The number of hydrogen-bond acceptors (Lipinski definition) is 1. The number of alkyl halides is 1. The first-order valence-electron chi connectivity index (χ1n) is 1.55. The van der Waals surface area contributed by atoms with Crippen LogP contribution in [0.25, 0.3) is 0 Å². The summed E-state index contributed by atoms with van der Waals surface area (Å²) in [7, 11) is 0. The highest BCUT2D eigenvalue weighted by Crippen LogP contribution is 1.85. The Morgan fingerprint density at radius 3 is 2.14 bits per heavy atom. The zero-order chi connectivity index (χ0) is 4.99. The second kappa shape index (κ2) is 6.20. The summed E-state index contributed by atoms with van der Waals surface area (Å²) in [5.74, 6) is -0.718. The van der Waals surface area contributed by atoms with Crippen molar-refractivity contribution in [2.45, 2.75) is 13.8 Å². The Kier molecular flexibility index (Phi) is 9.07. The molecule has 0 unspecified atom stereocenters. The third-order valence-electron chi connectivity index (χ3n) is 0.308. The Morgan fingerprint density at radius 2 is 2.14 bits per heavy atom. The van der Waals surface area contributed by atoms with Crippen molar-refractivity contribution in [3.63, 3.8) is 0 Å². The van der Waals surface area contributed by atoms with E-state index in [2.05, 4.69) is 0 Å². The Balaban J connectivity index is 0. The maximum Gasteiger partial charge on any atom is 0.304 e. The summed E-state index contributed by atoms with van der Waals surface area (Å²) < 4.78 is 0.701. The normalized spacial score (nSPS) is 7.00. The summed E-state index contributed by atoms with van der Waals surface area (Å²) in [6.45, 7) is 0. The van der Waals surface area contributed by atoms with Crippen LogP contribution in [0.5, 0.6) is 0 Å². The lowest BCUT2D eigenvalue weighted by molar-refractivity contribution is -0.136. The Bertz CT molecular complexity index is 53.7. The van der Waals surface area contributed by atoms with Gasteiger partial charge in [-0.2, -0.15) is 0 Å². The van der Waals surface area contributed by atoms with E-state index in [0.717, 1.165) is 0 Å². The highest BCUT2D eigenvalue weighted by atomic mass is 127. The van der Waals surface area contributed by atoms with E-state index < -0.39 is 5.97 Å². The van der Waals surface area contributed by atoms with Gasteiger partial charge in [-0.1, -0.05) is 30.0 Å². The lowest BCUT2D eigenvalue weighted by Gasteiger charge is -1.78. The number of rotatable bonds is 2. The molecule has 0 rings (SSSR count). The van der Waals surface area contributed by atoms with Crippen LogP contribution in [0.4, 0.5) is 0 Å². The maximum atomic E-state index is 9.59. The summed E-state index contributed by atoms with van der Waals surface area (Å²) in [6.07, 6.45) is 0.278. The van der Waals surface area contributed by atoms with Gasteiger partial charge in [0.1, 0.15) is 0 Å². The molecule has 0 fully saturated rings. The van der Waals surface area contributed by atoms with Crippen LogP contribution in [0.3, 0.4) is 0 Å². The van der Waals surface area contributed by atoms with Crippen molar-refractivity contribution in [2.24, 2.45) is 0 Å². The van der Waals surface area contributed by atoms with Gasteiger partial charge in [0.05, 0.1) is 6.42 Å². The number of halogens is 1. The summed E-state index contributed by atoms with van der Waals surface area (Å²) in [5.41, 5.74) is 0. The molecule has 0 aliphatic heterocycles. The van der Waals surface area contributed by atoms with Crippen molar-refractivity contribution in [3.8, 4) is 0 Å². The van der Waals surface area contributed by atoms with Crippen molar-refractivity contribution in [2.75, 3.05) is 4.43 Å². The molecule has 44 valence electrons. The van der Waals surface area contributed by atoms with Gasteiger partial charge in [0, 0.05) is 4.43 Å². The molecule has 0 atom stereocenters. The van der Waals surface area contributed by atoms with E-state index in [4.69, 9.17) is 5.11 Å². The van der Waals surface area contributed by atoms with Crippen LogP contribution < -0.4 is 0 Å². The monoisotopic (exact) mass is 216 g/mol. The molecule has 0 saturated heterocycles. The van der Waals surface area contributed by atoms with E-state index in [9.17, 15) is 4.79 Å². The molecule has 0 aliphatic rings. The van der Waals surface area contributed by atoms with Gasteiger partial charge < -0.3 is 5.11 Å². The topological polar surface area (TPSA) is 37.3 Å². The molecular weight excluding hydrogens is 207 g/mol. The van der Waals surface area contributed by atoms with Crippen LogP contribution in [0.1, 0.15) is 13.8 Å². The zero-order valence-electron chi connectivity index (χ0n) is 3.15. The molecule has 0 saturated carbocycles. The van der Waals surface area contributed by atoms with Crippen LogP contribution >= 0.6 is 22.6 Å². The lowest BCUT2D eigenvalue weighted by Crippen LogP contribution is -1.92. The van der Waals surface area contributed by atoms with E-state index in [-0.39, 0.29) is 13.8 Å². The average Bonchev–Trinajstić information content (AvgIpc) is 1.35. The largest absolute Gasteiger partial charge is 0.481 e. The fourth-order valence-electron chi connectivity index (χ4n) is 0.0808. The smallest absolute Gasteiger partial charge is 0.304 e. The van der Waals surface area contributed by atoms with Crippen LogP contribution in [-0.2, 0) is 4.79 Å². The molecular formula is C4H9IO2. The molecule has 2 nitrogen and oxygen atoms in total. The van der Waals surface area contributed by atoms with Crippen LogP contribution in [0.2, 0.25) is 0 Å². The van der Waals surface area contributed by atoms with Gasteiger partial charge >= 0.3 is 5.97 Å². The standard InChI is InChI=1S/C3H5IO2.CH4/c4-2-1-3(5)6;/h1-2H2,(H,5,6);1H4. The minimum Gasteiger partial charge on any atom is -0.481 e. The third kappa shape index (κ3) is 10.7. The van der Waals surface area contributed by atoms with Crippen molar-refractivity contribution in [1.29, 1.82) is 0 Å². The van der Waals surface area contributed by atoms with Gasteiger partial charge in [0.2, 0.25) is 0 Å². The second-order valence-electron chi connectivity index (χ2n) is 0.833. The van der Waals surface area contributed by atoms with E-state index in [1.165, 1.54) is 0 Å². The highest BCUT2D eigenvalue weighted by molar-refractivity contribution is 14.1. The first-order valence-corrected chi connectivity index (χ1v) is 3.07. The van der Waals surface area contributed by atoms with Crippen molar-refractivity contribution in [1.82, 2.24) is 0 Å². The molecule has 0 aliphatic carbocycles. The fourth-order valence-corrected chi connectivity index (χ4v) is 0.542. The predicted octanol–water partition coefficient (Wildman–Crippen LogP) is 1.53. The molecule has 0 bridgehead atoms.